The second kappa shape index (κ2) is 15.9. The van der Waals surface area contributed by atoms with E-state index in [0.29, 0.717) is 53.2 Å². The van der Waals surface area contributed by atoms with Crippen LogP contribution in [0.3, 0.4) is 0 Å². The van der Waals surface area contributed by atoms with Crippen LogP contribution < -0.4 is 15.5 Å². The summed E-state index contributed by atoms with van der Waals surface area (Å²) in [7, 11) is -0.470. The van der Waals surface area contributed by atoms with Gasteiger partial charge in [-0.3, -0.25) is 4.79 Å². The van der Waals surface area contributed by atoms with Crippen molar-refractivity contribution in [3.8, 4) is 0 Å². The number of hydrogen-bond donors (Lipinski definition) is 2. The SMILES string of the molecule is CN1CCc2cccc(c2)C(Nc2ccc3c(N(C(=O)OC(C)(C)C)C(=O)OC(C)(C)C)ncc(F)c3c2)C(=O)N(C)Cc2cc(ccc2S(=O)(=O)C2CC2)NC1=O. The maximum absolute atomic E-state index is 15.7. The van der Waals surface area contributed by atoms with Crippen molar-refractivity contribution in [1.82, 2.24) is 14.8 Å². The average molecular weight is 817 g/mol. The first-order chi connectivity index (χ1) is 27.1. The standard InChI is InChI=1S/C42H49FN6O8S/c1-41(2,3)56-39(52)49(40(53)57-42(4,5)6)36-31-16-12-29(22-32(31)33(43)23-44-36)45-35-26-11-9-10-25(20-26)18-19-47(7)38(51)46-28-13-17-34(58(54,55)30-14-15-30)27(21-28)24-48(8)37(35)50/h9-13,16-17,20-23,30,35,45H,14-15,18-19,24H2,1-8H3,(H,46,51). The highest BCUT2D eigenvalue weighted by Gasteiger charge is 2.39. The van der Waals surface area contributed by atoms with Gasteiger partial charge in [-0.05, 0) is 114 Å². The Bertz CT molecular complexity index is 2360. The van der Waals surface area contributed by atoms with Gasteiger partial charge in [0, 0.05) is 49.3 Å². The highest BCUT2D eigenvalue weighted by Crippen LogP contribution is 2.37. The van der Waals surface area contributed by atoms with Gasteiger partial charge in [-0.2, -0.15) is 4.90 Å². The molecular formula is C42H49FN6O8S. The Morgan fingerprint density at radius 2 is 1.57 bits per heavy atom. The number of carbonyl (C=O) groups is 4. The lowest BCUT2D eigenvalue weighted by molar-refractivity contribution is -0.131. The third-order valence-corrected chi connectivity index (χ3v) is 11.8. The van der Waals surface area contributed by atoms with E-state index in [4.69, 9.17) is 9.47 Å². The fraction of sp³-hybridized carbons (Fsp3) is 0.405. The number of likely N-dealkylation sites (N-methyl/N-ethyl adjacent to an activating group) is 2. The minimum atomic E-state index is -3.69. The molecule has 14 nitrogen and oxygen atoms in total. The molecule has 2 aliphatic rings. The molecule has 4 aromatic rings. The van der Waals surface area contributed by atoms with Gasteiger partial charge in [-0.25, -0.2) is 32.2 Å². The zero-order chi connectivity index (χ0) is 42.3. The van der Waals surface area contributed by atoms with Crippen molar-refractivity contribution >= 4 is 61.9 Å². The largest absolute Gasteiger partial charge is 0.443 e. The molecule has 2 N–H and O–H groups in total. The number of rotatable bonds is 5. The van der Waals surface area contributed by atoms with Crippen molar-refractivity contribution in [1.29, 1.82) is 0 Å². The minimum absolute atomic E-state index is 0.0224. The maximum Gasteiger partial charge on any atom is 0.425 e. The van der Waals surface area contributed by atoms with Gasteiger partial charge < -0.3 is 29.9 Å². The predicted molar refractivity (Wildman–Crippen MR) is 218 cm³/mol. The molecule has 58 heavy (non-hydrogen) atoms. The fourth-order valence-corrected chi connectivity index (χ4v) is 8.36. The summed E-state index contributed by atoms with van der Waals surface area (Å²) in [6.45, 7) is 10.0. The Labute approximate surface area is 337 Å². The summed E-state index contributed by atoms with van der Waals surface area (Å²) in [5, 5.41) is 5.67. The molecule has 5 amide bonds. The number of anilines is 3. The number of halogens is 1. The predicted octanol–water partition coefficient (Wildman–Crippen LogP) is 7.82. The second-order valence-electron chi connectivity index (χ2n) is 16.7. The molecule has 308 valence electrons. The Balaban J connectivity index is 1.42. The van der Waals surface area contributed by atoms with Crippen LogP contribution >= 0.6 is 0 Å². The third-order valence-electron chi connectivity index (χ3n) is 9.47. The van der Waals surface area contributed by atoms with Crippen molar-refractivity contribution in [2.75, 3.05) is 36.2 Å². The molecule has 3 aromatic carbocycles. The summed E-state index contributed by atoms with van der Waals surface area (Å²) in [4.78, 5) is 62.5. The quantitative estimate of drug-likeness (QED) is 0.203. The maximum atomic E-state index is 15.7. The highest BCUT2D eigenvalue weighted by molar-refractivity contribution is 7.92. The van der Waals surface area contributed by atoms with Crippen molar-refractivity contribution in [2.45, 2.75) is 94.7 Å². The van der Waals surface area contributed by atoms with E-state index in [1.165, 1.54) is 28.0 Å². The van der Waals surface area contributed by atoms with Gasteiger partial charge >= 0.3 is 18.2 Å². The minimum Gasteiger partial charge on any atom is -0.443 e. The number of imide groups is 1. The Morgan fingerprint density at radius 3 is 2.21 bits per heavy atom. The first-order valence-electron chi connectivity index (χ1n) is 18.9. The van der Waals surface area contributed by atoms with E-state index >= 15 is 4.39 Å². The molecule has 2 heterocycles. The van der Waals surface area contributed by atoms with E-state index < -0.39 is 56.2 Å². The number of pyridine rings is 1. The molecule has 1 aliphatic carbocycles. The van der Waals surface area contributed by atoms with Crippen molar-refractivity contribution < 1.29 is 41.5 Å². The van der Waals surface area contributed by atoms with E-state index in [2.05, 4.69) is 15.6 Å². The van der Waals surface area contributed by atoms with Crippen LogP contribution in [0.15, 0.2) is 71.8 Å². The summed E-state index contributed by atoms with van der Waals surface area (Å²) >= 11 is 0. The topological polar surface area (TPSA) is 168 Å². The molecule has 1 atom stereocenters. The first kappa shape index (κ1) is 41.9. The van der Waals surface area contributed by atoms with E-state index in [0.717, 1.165) is 11.8 Å². The number of urea groups is 1. The van der Waals surface area contributed by atoms with Gasteiger partial charge in [0.25, 0.3) is 0 Å². The lowest BCUT2D eigenvalue weighted by Crippen LogP contribution is -2.44. The number of fused-ring (bicyclic) bond motifs is 5. The lowest BCUT2D eigenvalue weighted by atomic mass is 10.00. The molecule has 0 radical (unpaired) electrons. The molecule has 1 unspecified atom stereocenters. The number of nitrogens with zero attached hydrogens (tertiary/aromatic N) is 4. The molecule has 1 saturated carbocycles. The van der Waals surface area contributed by atoms with Gasteiger partial charge in [0.1, 0.15) is 23.1 Å². The van der Waals surface area contributed by atoms with Crippen LogP contribution in [0.4, 0.5) is 36.0 Å². The Hall–Kier alpha value is -5.77. The van der Waals surface area contributed by atoms with Crippen LogP contribution in [0.25, 0.3) is 10.8 Å². The van der Waals surface area contributed by atoms with Crippen LogP contribution in [0.2, 0.25) is 0 Å². The number of carbonyl (C=O) groups excluding carboxylic acids is 4. The number of sulfone groups is 1. The summed E-state index contributed by atoms with van der Waals surface area (Å²) < 4.78 is 53.9. The van der Waals surface area contributed by atoms with E-state index in [1.54, 1.807) is 86.0 Å². The highest BCUT2D eigenvalue weighted by atomic mass is 32.2. The normalized spacial score (nSPS) is 16.9. The summed E-state index contributed by atoms with van der Waals surface area (Å²) in [6.07, 6.45) is 0.295. The van der Waals surface area contributed by atoms with Gasteiger partial charge in [0.05, 0.1) is 16.3 Å². The number of nitrogens with one attached hydrogen (secondary N) is 2. The Kier molecular flexibility index (Phi) is 11.5. The van der Waals surface area contributed by atoms with Gasteiger partial charge in [-0.15, -0.1) is 0 Å². The number of hydrogen-bond acceptors (Lipinski definition) is 10. The van der Waals surface area contributed by atoms with Gasteiger partial charge in [0.15, 0.2) is 15.7 Å². The molecule has 6 rings (SSSR count). The van der Waals surface area contributed by atoms with E-state index in [1.807, 2.05) is 12.1 Å². The van der Waals surface area contributed by atoms with Crippen molar-refractivity contribution in [3.05, 3.63) is 89.4 Å². The molecule has 0 saturated heterocycles. The molecule has 4 bridgehead atoms. The molecule has 1 fully saturated rings. The van der Waals surface area contributed by atoms with Crippen molar-refractivity contribution in [2.24, 2.45) is 0 Å². The lowest BCUT2D eigenvalue weighted by Gasteiger charge is -2.29. The second-order valence-corrected chi connectivity index (χ2v) is 18.9. The Morgan fingerprint density at radius 1 is 0.897 bits per heavy atom. The van der Waals surface area contributed by atoms with E-state index in [9.17, 15) is 27.6 Å². The zero-order valence-corrected chi connectivity index (χ0v) is 34.7. The summed E-state index contributed by atoms with van der Waals surface area (Å²) in [5.74, 6) is -1.41. The van der Waals surface area contributed by atoms with Crippen LogP contribution in [0.1, 0.15) is 77.1 Å². The van der Waals surface area contributed by atoms with Crippen LogP contribution in [0.5, 0.6) is 0 Å². The van der Waals surface area contributed by atoms with E-state index in [-0.39, 0.29) is 34.1 Å². The summed E-state index contributed by atoms with van der Waals surface area (Å²) in [5.41, 5.74) is 0.465. The fourth-order valence-electron chi connectivity index (χ4n) is 6.49. The zero-order valence-electron chi connectivity index (χ0n) is 33.9. The third kappa shape index (κ3) is 9.50. The van der Waals surface area contributed by atoms with Crippen LogP contribution in [-0.4, -0.2) is 84.4 Å². The number of ether oxygens (including phenoxy) is 2. The van der Waals surface area contributed by atoms with Gasteiger partial charge in [0.2, 0.25) is 5.91 Å². The molecule has 0 spiro atoms. The molecular weight excluding hydrogens is 768 g/mol. The van der Waals surface area contributed by atoms with Crippen LogP contribution in [0, 0.1) is 5.82 Å². The monoisotopic (exact) mass is 816 g/mol. The smallest absolute Gasteiger partial charge is 0.425 e. The number of benzene rings is 3. The van der Waals surface area contributed by atoms with Crippen LogP contribution in [-0.2, 0) is 37.1 Å². The number of aromatic nitrogens is 1. The molecule has 1 aliphatic heterocycles. The molecule has 1 aromatic heterocycles. The summed E-state index contributed by atoms with van der Waals surface area (Å²) in [6, 6.07) is 15.0. The van der Waals surface area contributed by atoms with Crippen molar-refractivity contribution in [3.63, 3.8) is 0 Å². The number of amides is 5. The van der Waals surface area contributed by atoms with Gasteiger partial charge in [-0.1, -0.05) is 24.3 Å². The molecule has 16 heteroatoms. The first-order valence-corrected chi connectivity index (χ1v) is 20.5. The average Bonchev–Trinajstić information content (AvgIpc) is 3.99.